The highest BCUT2D eigenvalue weighted by Crippen LogP contribution is 2.33. The van der Waals surface area contributed by atoms with Crippen LogP contribution in [0.1, 0.15) is 43.7 Å². The van der Waals surface area contributed by atoms with Gasteiger partial charge in [-0.15, -0.1) is 0 Å². The van der Waals surface area contributed by atoms with Gasteiger partial charge in [0.2, 0.25) is 5.91 Å². The molecule has 124 valence electrons. The van der Waals surface area contributed by atoms with Crippen molar-refractivity contribution >= 4 is 5.91 Å². The molecule has 0 saturated carbocycles. The first kappa shape index (κ1) is 16.2. The van der Waals surface area contributed by atoms with Gasteiger partial charge in [-0.25, -0.2) is 0 Å². The second-order valence-corrected chi connectivity index (χ2v) is 6.66. The fourth-order valence-corrected chi connectivity index (χ4v) is 3.76. The van der Waals surface area contributed by atoms with Crippen molar-refractivity contribution in [3.63, 3.8) is 0 Å². The first-order chi connectivity index (χ1) is 11.3. The molecule has 1 amide bonds. The first-order valence-corrected chi connectivity index (χ1v) is 8.63. The Balaban J connectivity index is 1.67. The van der Waals surface area contributed by atoms with Crippen LogP contribution in [0.25, 0.3) is 0 Å². The molecule has 0 N–H and O–H groups in total. The Morgan fingerprint density at radius 1 is 1.35 bits per heavy atom. The molecule has 0 spiro atoms. The highest BCUT2D eigenvalue weighted by molar-refractivity contribution is 5.79. The van der Waals surface area contributed by atoms with Crippen LogP contribution < -0.4 is 0 Å². The first-order valence-electron chi connectivity index (χ1n) is 8.63. The number of nitrogens with zero attached hydrogens (tertiary/aromatic N) is 2. The lowest BCUT2D eigenvalue weighted by atomic mass is 9.93. The monoisotopic (exact) mass is 314 g/mol. The van der Waals surface area contributed by atoms with E-state index in [2.05, 4.69) is 17.1 Å². The van der Waals surface area contributed by atoms with E-state index in [0.29, 0.717) is 18.9 Å². The van der Waals surface area contributed by atoms with E-state index in [1.807, 2.05) is 23.2 Å². The Labute approximate surface area is 138 Å². The van der Waals surface area contributed by atoms with E-state index in [4.69, 9.17) is 4.74 Å². The minimum absolute atomic E-state index is 0.262. The van der Waals surface area contributed by atoms with E-state index >= 15 is 0 Å². The highest BCUT2D eigenvalue weighted by atomic mass is 16.5. The predicted octanol–water partition coefficient (Wildman–Crippen LogP) is 3.16. The van der Waals surface area contributed by atoms with E-state index in [-0.39, 0.29) is 11.8 Å². The molecule has 3 rings (SSSR count). The van der Waals surface area contributed by atoms with Crippen molar-refractivity contribution in [1.29, 1.82) is 0 Å². The molecule has 0 radical (unpaired) electrons. The van der Waals surface area contributed by atoms with Crippen molar-refractivity contribution in [3.8, 4) is 0 Å². The standard InChI is InChI=1S/C19H26N2O2/c1-23-14-16-12-21(13-17(16)18-9-5-6-10-20-18)19(22)11-15-7-3-2-4-8-15/h5-7,9-10,16-17H,2-4,8,11-14H2,1H3/t16-,17+/m0/s1. The van der Waals surface area contributed by atoms with E-state index < -0.39 is 0 Å². The quantitative estimate of drug-likeness (QED) is 0.784. The predicted molar refractivity (Wildman–Crippen MR) is 90.1 cm³/mol. The van der Waals surface area contributed by atoms with Gasteiger partial charge in [-0.3, -0.25) is 9.78 Å². The average Bonchev–Trinajstić information content (AvgIpc) is 3.01. The third kappa shape index (κ3) is 3.99. The summed E-state index contributed by atoms with van der Waals surface area (Å²) in [6, 6.07) is 6.01. The topological polar surface area (TPSA) is 42.4 Å². The number of likely N-dealkylation sites (tertiary alicyclic amines) is 1. The van der Waals surface area contributed by atoms with Crippen LogP contribution in [0.4, 0.5) is 0 Å². The van der Waals surface area contributed by atoms with Crippen LogP contribution in [0, 0.1) is 5.92 Å². The molecule has 2 atom stereocenters. The number of carbonyl (C=O) groups excluding carboxylic acids is 1. The Bertz CT molecular complexity index is 556. The Kier molecular flexibility index (Phi) is 5.44. The van der Waals surface area contributed by atoms with Crippen molar-refractivity contribution in [2.75, 3.05) is 26.8 Å². The maximum absolute atomic E-state index is 12.7. The van der Waals surface area contributed by atoms with Gasteiger partial charge in [-0.1, -0.05) is 17.7 Å². The second kappa shape index (κ2) is 7.73. The summed E-state index contributed by atoms with van der Waals surface area (Å²) in [7, 11) is 1.73. The number of methoxy groups -OCH3 is 1. The lowest BCUT2D eigenvalue weighted by molar-refractivity contribution is -0.129. The number of pyridine rings is 1. The molecule has 1 aromatic heterocycles. The summed E-state index contributed by atoms with van der Waals surface area (Å²) in [5.41, 5.74) is 2.40. The van der Waals surface area contributed by atoms with Gasteiger partial charge in [-0.05, 0) is 37.8 Å². The van der Waals surface area contributed by atoms with Crippen LogP contribution in [0.2, 0.25) is 0 Å². The normalized spacial score (nSPS) is 24.6. The van der Waals surface area contributed by atoms with Crippen LogP contribution in [0.5, 0.6) is 0 Å². The lowest BCUT2D eigenvalue weighted by Gasteiger charge is -2.19. The molecule has 4 heteroatoms. The SMILES string of the molecule is COC[C@@H]1CN(C(=O)CC2=CCCCC2)C[C@H]1c1ccccn1. The number of amides is 1. The largest absolute Gasteiger partial charge is 0.384 e. The number of allylic oxidation sites excluding steroid dienone is 1. The lowest BCUT2D eigenvalue weighted by Crippen LogP contribution is -2.29. The molecule has 1 fully saturated rings. The summed E-state index contributed by atoms with van der Waals surface area (Å²) < 4.78 is 5.38. The Morgan fingerprint density at radius 2 is 2.26 bits per heavy atom. The van der Waals surface area contributed by atoms with Crippen molar-refractivity contribution in [3.05, 3.63) is 41.7 Å². The summed E-state index contributed by atoms with van der Waals surface area (Å²) in [4.78, 5) is 19.2. The van der Waals surface area contributed by atoms with Gasteiger partial charge in [0.1, 0.15) is 0 Å². The average molecular weight is 314 g/mol. The zero-order valence-electron chi connectivity index (χ0n) is 13.9. The van der Waals surface area contributed by atoms with Crippen molar-refractivity contribution in [2.45, 2.75) is 38.0 Å². The molecule has 1 saturated heterocycles. The van der Waals surface area contributed by atoms with Gasteiger partial charge in [0.15, 0.2) is 0 Å². The van der Waals surface area contributed by atoms with E-state index in [0.717, 1.165) is 31.6 Å². The van der Waals surface area contributed by atoms with Crippen molar-refractivity contribution in [1.82, 2.24) is 9.88 Å². The third-order valence-corrected chi connectivity index (χ3v) is 5.01. The number of rotatable bonds is 5. The smallest absolute Gasteiger partial charge is 0.226 e. The number of ether oxygens (including phenoxy) is 1. The minimum Gasteiger partial charge on any atom is -0.384 e. The third-order valence-electron chi connectivity index (χ3n) is 5.01. The van der Waals surface area contributed by atoms with Gasteiger partial charge in [-0.2, -0.15) is 0 Å². The summed E-state index contributed by atoms with van der Waals surface area (Å²) >= 11 is 0. The van der Waals surface area contributed by atoms with E-state index in [1.165, 1.54) is 18.4 Å². The molecule has 1 aliphatic heterocycles. The van der Waals surface area contributed by atoms with Crippen LogP contribution in [0.15, 0.2) is 36.0 Å². The van der Waals surface area contributed by atoms with E-state index in [9.17, 15) is 4.79 Å². The van der Waals surface area contributed by atoms with E-state index in [1.54, 1.807) is 7.11 Å². The summed E-state index contributed by atoms with van der Waals surface area (Å²) in [5.74, 6) is 0.873. The maximum Gasteiger partial charge on any atom is 0.226 e. The van der Waals surface area contributed by atoms with Gasteiger partial charge in [0, 0.05) is 50.3 Å². The molecular formula is C19H26N2O2. The maximum atomic E-state index is 12.7. The molecule has 4 nitrogen and oxygen atoms in total. The molecule has 1 aliphatic carbocycles. The molecular weight excluding hydrogens is 288 g/mol. The van der Waals surface area contributed by atoms with Crippen LogP contribution >= 0.6 is 0 Å². The fourth-order valence-electron chi connectivity index (χ4n) is 3.76. The van der Waals surface area contributed by atoms with Crippen LogP contribution in [0.3, 0.4) is 0 Å². The number of aromatic nitrogens is 1. The summed E-state index contributed by atoms with van der Waals surface area (Å²) in [6.07, 6.45) is 9.39. The van der Waals surface area contributed by atoms with Gasteiger partial charge >= 0.3 is 0 Å². The zero-order chi connectivity index (χ0) is 16.1. The van der Waals surface area contributed by atoms with Gasteiger partial charge < -0.3 is 9.64 Å². The minimum atomic E-state index is 0.262. The Morgan fingerprint density at radius 3 is 2.96 bits per heavy atom. The molecule has 2 aliphatic rings. The number of carbonyl (C=O) groups is 1. The fraction of sp³-hybridized carbons (Fsp3) is 0.579. The molecule has 0 bridgehead atoms. The van der Waals surface area contributed by atoms with Crippen molar-refractivity contribution in [2.24, 2.45) is 5.92 Å². The van der Waals surface area contributed by atoms with Gasteiger partial charge in [0.05, 0.1) is 6.61 Å². The van der Waals surface area contributed by atoms with Crippen molar-refractivity contribution < 1.29 is 9.53 Å². The second-order valence-electron chi connectivity index (χ2n) is 6.66. The van der Waals surface area contributed by atoms with Gasteiger partial charge in [0.25, 0.3) is 0 Å². The highest BCUT2D eigenvalue weighted by Gasteiger charge is 2.36. The molecule has 0 unspecified atom stereocenters. The summed E-state index contributed by atoms with van der Waals surface area (Å²) in [6.45, 7) is 2.21. The van der Waals surface area contributed by atoms with Crippen LogP contribution in [-0.4, -0.2) is 42.6 Å². The summed E-state index contributed by atoms with van der Waals surface area (Å²) in [5, 5.41) is 0. The molecule has 23 heavy (non-hydrogen) atoms. The number of hydrogen-bond acceptors (Lipinski definition) is 3. The molecule has 1 aromatic rings. The molecule has 0 aromatic carbocycles. The van der Waals surface area contributed by atoms with Crippen LogP contribution in [-0.2, 0) is 9.53 Å². The zero-order valence-corrected chi connectivity index (χ0v) is 13.9. The molecule has 2 heterocycles. The Hall–Kier alpha value is -1.68. The number of hydrogen-bond donors (Lipinski definition) is 0.